The van der Waals surface area contributed by atoms with E-state index < -0.39 is 0 Å². The first-order valence-corrected chi connectivity index (χ1v) is 7.38. The average Bonchev–Trinajstić information content (AvgIpc) is 3.00. The number of hydrogen-bond acceptors (Lipinski definition) is 4. The highest BCUT2D eigenvalue weighted by Crippen LogP contribution is 2.22. The second kappa shape index (κ2) is 6.07. The number of thioether (sulfide) groups is 1. The molecule has 20 heavy (non-hydrogen) atoms. The van der Waals surface area contributed by atoms with E-state index in [2.05, 4.69) is 15.3 Å². The van der Waals surface area contributed by atoms with Gasteiger partial charge in [0.15, 0.2) is 5.82 Å². The molecule has 0 radical (unpaired) electrons. The van der Waals surface area contributed by atoms with Crippen molar-refractivity contribution in [1.82, 2.24) is 20.0 Å². The Balaban J connectivity index is 1.67. The second-order valence-corrected chi connectivity index (χ2v) is 5.53. The van der Waals surface area contributed by atoms with Crippen LogP contribution in [0, 0.1) is 0 Å². The molecule has 0 saturated carbocycles. The van der Waals surface area contributed by atoms with E-state index in [4.69, 9.17) is 11.6 Å². The third-order valence-electron chi connectivity index (χ3n) is 2.64. The Morgan fingerprint density at radius 1 is 1.10 bits per heavy atom. The van der Waals surface area contributed by atoms with Crippen LogP contribution in [0.4, 0.5) is 0 Å². The fraction of sp³-hybridized carbons (Fsp3) is 0.0714. The molecule has 0 unspecified atom stereocenters. The Kier molecular flexibility index (Phi) is 3.99. The topological polar surface area (TPSA) is 43.6 Å². The van der Waals surface area contributed by atoms with Gasteiger partial charge in [0, 0.05) is 23.2 Å². The number of aromatic nitrogens is 4. The van der Waals surface area contributed by atoms with E-state index in [1.165, 1.54) is 5.56 Å². The predicted octanol–water partition coefficient (Wildman–Crippen LogP) is 3.61. The average molecular weight is 303 g/mol. The van der Waals surface area contributed by atoms with Crippen molar-refractivity contribution in [3.05, 3.63) is 65.4 Å². The van der Waals surface area contributed by atoms with E-state index in [1.54, 1.807) is 22.6 Å². The van der Waals surface area contributed by atoms with Crippen molar-refractivity contribution >= 4 is 23.4 Å². The van der Waals surface area contributed by atoms with Crippen molar-refractivity contribution in [2.24, 2.45) is 0 Å². The molecule has 4 nitrogen and oxygen atoms in total. The lowest BCUT2D eigenvalue weighted by molar-refractivity contribution is 0.792. The Morgan fingerprint density at radius 3 is 2.75 bits per heavy atom. The molecule has 100 valence electrons. The number of hydrogen-bond donors (Lipinski definition) is 0. The smallest absolute Gasteiger partial charge is 0.175 e. The van der Waals surface area contributed by atoms with Gasteiger partial charge in [-0.15, -0.1) is 10.2 Å². The van der Waals surface area contributed by atoms with E-state index in [9.17, 15) is 0 Å². The quantitative estimate of drug-likeness (QED) is 0.691. The Labute approximate surface area is 125 Å². The molecular weight excluding hydrogens is 292 g/mol. The van der Waals surface area contributed by atoms with Crippen molar-refractivity contribution in [2.45, 2.75) is 10.8 Å². The Bertz CT molecular complexity index is 683. The molecule has 0 amide bonds. The molecule has 2 heterocycles. The van der Waals surface area contributed by atoms with Crippen LogP contribution >= 0.6 is 23.4 Å². The van der Waals surface area contributed by atoms with Gasteiger partial charge in [0.1, 0.15) is 5.03 Å². The fourth-order valence-corrected chi connectivity index (χ4v) is 2.67. The predicted molar refractivity (Wildman–Crippen MR) is 80.2 cm³/mol. The van der Waals surface area contributed by atoms with Crippen LogP contribution in [0.15, 0.2) is 59.9 Å². The molecule has 0 saturated heterocycles. The molecule has 0 bridgehead atoms. The van der Waals surface area contributed by atoms with Crippen LogP contribution in [-0.4, -0.2) is 20.0 Å². The minimum atomic E-state index is 0.710. The lowest BCUT2D eigenvalue weighted by Crippen LogP contribution is -1.99. The summed E-state index contributed by atoms with van der Waals surface area (Å²) in [6.45, 7) is 0. The van der Waals surface area contributed by atoms with Crippen molar-refractivity contribution in [3.8, 4) is 5.82 Å². The monoisotopic (exact) mass is 302 g/mol. The summed E-state index contributed by atoms with van der Waals surface area (Å²) in [5, 5.41) is 14.1. The minimum Gasteiger partial charge on any atom is -0.221 e. The number of nitrogens with zero attached hydrogens (tertiary/aromatic N) is 4. The molecule has 2 aromatic heterocycles. The van der Waals surface area contributed by atoms with Gasteiger partial charge < -0.3 is 0 Å². The summed E-state index contributed by atoms with van der Waals surface area (Å²) < 4.78 is 1.68. The van der Waals surface area contributed by atoms with Gasteiger partial charge in [0.05, 0.1) is 0 Å². The molecule has 0 atom stereocenters. The molecule has 3 aromatic rings. The number of rotatable bonds is 4. The van der Waals surface area contributed by atoms with E-state index in [0.29, 0.717) is 5.82 Å². The lowest BCUT2D eigenvalue weighted by Gasteiger charge is -2.03. The molecule has 6 heteroatoms. The molecule has 0 N–H and O–H groups in total. The number of benzene rings is 1. The summed E-state index contributed by atoms with van der Waals surface area (Å²) in [6.07, 6.45) is 3.55. The van der Waals surface area contributed by atoms with Crippen LogP contribution in [0.1, 0.15) is 5.56 Å². The van der Waals surface area contributed by atoms with Gasteiger partial charge in [0.25, 0.3) is 0 Å². The van der Waals surface area contributed by atoms with Gasteiger partial charge in [-0.3, -0.25) is 0 Å². The van der Waals surface area contributed by atoms with Crippen molar-refractivity contribution in [3.63, 3.8) is 0 Å². The Morgan fingerprint density at radius 2 is 2.05 bits per heavy atom. The van der Waals surface area contributed by atoms with Crippen LogP contribution in [-0.2, 0) is 5.75 Å². The van der Waals surface area contributed by atoms with Crippen LogP contribution in [0.2, 0.25) is 5.02 Å². The molecule has 0 aliphatic carbocycles. The van der Waals surface area contributed by atoms with Crippen molar-refractivity contribution in [1.29, 1.82) is 0 Å². The first-order valence-electron chi connectivity index (χ1n) is 6.02. The first-order chi connectivity index (χ1) is 9.81. The summed E-state index contributed by atoms with van der Waals surface area (Å²) in [4.78, 5) is 0. The summed E-state index contributed by atoms with van der Waals surface area (Å²) in [6, 6.07) is 13.5. The first kappa shape index (κ1) is 13.1. The summed E-state index contributed by atoms with van der Waals surface area (Å²) in [5.74, 6) is 1.53. The highest BCUT2D eigenvalue weighted by atomic mass is 35.5. The van der Waals surface area contributed by atoms with Gasteiger partial charge in [-0.05, 0) is 35.9 Å². The largest absolute Gasteiger partial charge is 0.221 e. The summed E-state index contributed by atoms with van der Waals surface area (Å²) in [7, 11) is 0. The van der Waals surface area contributed by atoms with Gasteiger partial charge in [-0.25, -0.2) is 4.68 Å². The molecule has 1 aromatic carbocycles. The van der Waals surface area contributed by atoms with Gasteiger partial charge >= 0.3 is 0 Å². The summed E-state index contributed by atoms with van der Waals surface area (Å²) in [5.41, 5.74) is 1.17. The van der Waals surface area contributed by atoms with Crippen molar-refractivity contribution in [2.75, 3.05) is 0 Å². The summed E-state index contributed by atoms with van der Waals surface area (Å²) >= 11 is 7.58. The second-order valence-electron chi connectivity index (χ2n) is 4.10. The zero-order valence-electron chi connectivity index (χ0n) is 10.5. The standard InChI is InChI=1S/C14H11ClN4S/c15-12-4-1-3-11(9-12)10-20-14-6-5-13(17-18-14)19-8-2-7-16-19/h1-9H,10H2. The zero-order valence-corrected chi connectivity index (χ0v) is 12.1. The van der Waals surface area contributed by atoms with Crippen molar-refractivity contribution < 1.29 is 0 Å². The molecule has 0 aliphatic rings. The van der Waals surface area contributed by atoms with Crippen LogP contribution in [0.5, 0.6) is 0 Å². The van der Waals surface area contributed by atoms with Gasteiger partial charge in [-0.2, -0.15) is 5.10 Å². The molecule has 0 fully saturated rings. The lowest BCUT2D eigenvalue weighted by atomic mass is 10.2. The third kappa shape index (κ3) is 3.18. The highest BCUT2D eigenvalue weighted by molar-refractivity contribution is 7.98. The van der Waals surface area contributed by atoms with Gasteiger partial charge in [-0.1, -0.05) is 35.5 Å². The maximum absolute atomic E-state index is 5.96. The maximum Gasteiger partial charge on any atom is 0.175 e. The molecule has 0 aliphatic heterocycles. The van der Waals surface area contributed by atoms with E-state index in [0.717, 1.165) is 15.8 Å². The van der Waals surface area contributed by atoms with Gasteiger partial charge in [0.2, 0.25) is 0 Å². The maximum atomic E-state index is 5.96. The van der Waals surface area contributed by atoms with Crippen LogP contribution < -0.4 is 0 Å². The molecular formula is C14H11ClN4S. The van der Waals surface area contributed by atoms with E-state index in [-0.39, 0.29) is 0 Å². The highest BCUT2D eigenvalue weighted by Gasteiger charge is 2.02. The zero-order chi connectivity index (χ0) is 13.8. The SMILES string of the molecule is Clc1cccc(CSc2ccc(-n3cccn3)nn2)c1. The molecule has 0 spiro atoms. The van der Waals surface area contributed by atoms with Crippen LogP contribution in [0.3, 0.4) is 0 Å². The normalized spacial score (nSPS) is 10.7. The Hall–Kier alpha value is -1.85. The van der Waals surface area contributed by atoms with Crippen LogP contribution in [0.25, 0.3) is 5.82 Å². The van der Waals surface area contributed by atoms with E-state index in [1.807, 2.05) is 48.7 Å². The minimum absolute atomic E-state index is 0.710. The van der Waals surface area contributed by atoms with E-state index >= 15 is 0 Å². The molecule has 3 rings (SSSR count). The fourth-order valence-electron chi connectivity index (χ4n) is 1.70. The number of halogens is 1. The third-order valence-corrected chi connectivity index (χ3v) is 3.87.